The number of carbonyl (C=O) groups is 2. The van der Waals surface area contributed by atoms with E-state index in [2.05, 4.69) is 22.4 Å². The van der Waals surface area contributed by atoms with Gasteiger partial charge in [0, 0.05) is 57.3 Å². The van der Waals surface area contributed by atoms with Crippen LogP contribution in [0.1, 0.15) is 61.9 Å². The van der Waals surface area contributed by atoms with Crippen molar-refractivity contribution in [2.24, 2.45) is 0 Å². The van der Waals surface area contributed by atoms with E-state index < -0.39 is 17.6 Å². The first kappa shape index (κ1) is 29.4. The smallest absolute Gasteiger partial charge is 0.420 e. The molecular weight excluding hydrogens is 558 g/mol. The van der Waals surface area contributed by atoms with Gasteiger partial charge in [-0.25, -0.2) is 32.9 Å². The highest BCUT2D eigenvalue weighted by atomic mass is 19.3. The number of amides is 2. The van der Waals surface area contributed by atoms with Crippen LogP contribution in [0.4, 0.5) is 18.4 Å². The van der Waals surface area contributed by atoms with Crippen LogP contribution < -0.4 is 5.32 Å². The van der Waals surface area contributed by atoms with Gasteiger partial charge in [0.25, 0.3) is 5.92 Å². The van der Waals surface area contributed by atoms with Crippen molar-refractivity contribution >= 4 is 23.3 Å². The number of morpholine rings is 1. The first-order chi connectivity index (χ1) is 20.4. The van der Waals surface area contributed by atoms with Crippen LogP contribution in [0.3, 0.4) is 0 Å². The number of halogens is 2. The van der Waals surface area contributed by atoms with Crippen molar-refractivity contribution < 1.29 is 27.8 Å². The Kier molecular flexibility index (Phi) is 7.62. The molecule has 0 spiro atoms. The minimum atomic E-state index is -2.70. The van der Waals surface area contributed by atoms with Gasteiger partial charge in [0.15, 0.2) is 5.65 Å². The average Bonchev–Trinajstić information content (AvgIpc) is 3.31. The molecule has 1 aromatic carbocycles. The molecule has 2 amide bonds. The van der Waals surface area contributed by atoms with Crippen LogP contribution in [0.15, 0.2) is 24.5 Å². The summed E-state index contributed by atoms with van der Waals surface area (Å²) in [5.74, 6) is -2.70. The Labute approximate surface area is 249 Å². The Hall–Kier alpha value is -3.64. The van der Waals surface area contributed by atoms with Crippen LogP contribution in [0.5, 0.6) is 0 Å². The largest absolute Gasteiger partial charge is 0.443 e. The van der Waals surface area contributed by atoms with Crippen molar-refractivity contribution in [3.63, 3.8) is 0 Å². The van der Waals surface area contributed by atoms with Gasteiger partial charge in [0.05, 0.1) is 31.1 Å². The number of likely N-dealkylation sites (tertiary alicyclic amines) is 1. The first-order valence-corrected chi connectivity index (χ1v) is 14.9. The van der Waals surface area contributed by atoms with Gasteiger partial charge < -0.3 is 24.6 Å². The second-order valence-corrected chi connectivity index (χ2v) is 12.7. The fraction of sp³-hybridized carbons (Fsp3) is 0.548. The quantitative estimate of drug-likeness (QED) is 0.441. The molecule has 3 aliphatic heterocycles. The molecule has 2 fully saturated rings. The molecule has 0 radical (unpaired) electrons. The number of piperidine rings is 1. The predicted octanol–water partition coefficient (Wildman–Crippen LogP) is 5.06. The fourth-order valence-corrected chi connectivity index (χ4v) is 6.04. The number of hydrogen-bond acceptors (Lipinski definition) is 7. The van der Waals surface area contributed by atoms with E-state index in [1.165, 1.54) is 4.57 Å². The van der Waals surface area contributed by atoms with Gasteiger partial charge in [-0.2, -0.15) is 0 Å². The molecule has 6 rings (SSSR count). The molecule has 0 bridgehead atoms. The van der Waals surface area contributed by atoms with Gasteiger partial charge >= 0.3 is 12.1 Å². The van der Waals surface area contributed by atoms with Crippen LogP contribution in [0, 0.1) is 6.92 Å². The van der Waals surface area contributed by atoms with E-state index in [9.17, 15) is 18.4 Å². The number of nitrogens with zero attached hydrogens (tertiary/aromatic N) is 5. The van der Waals surface area contributed by atoms with E-state index in [-0.39, 0.29) is 38.0 Å². The second kappa shape index (κ2) is 11.1. The maximum atomic E-state index is 13.7. The third kappa shape index (κ3) is 6.08. The SMILES string of the molecule is Cc1cn(C(=O)OC(C)(C)C)c2ncc(-c3cc4c(c([C@@H]5COCCN5)c3)CN(C(=O)N3CCC(F)(F)CC3)CC4)nc12. The van der Waals surface area contributed by atoms with Crippen LogP contribution in [0.25, 0.3) is 22.4 Å². The monoisotopic (exact) mass is 596 g/mol. The minimum absolute atomic E-state index is 0.0647. The second-order valence-electron chi connectivity index (χ2n) is 12.7. The molecule has 2 aromatic heterocycles. The van der Waals surface area contributed by atoms with E-state index in [1.54, 1.807) is 22.2 Å². The summed E-state index contributed by atoms with van der Waals surface area (Å²) in [4.78, 5) is 39.0. The normalized spacial score (nSPS) is 20.7. The third-order valence-corrected chi connectivity index (χ3v) is 8.27. The lowest BCUT2D eigenvalue weighted by Crippen LogP contribution is -2.50. The molecule has 1 atom stereocenters. The molecule has 3 aromatic rings. The summed E-state index contributed by atoms with van der Waals surface area (Å²) in [6.07, 6.45) is 2.89. The molecule has 3 aliphatic rings. The van der Waals surface area contributed by atoms with Crippen molar-refractivity contribution in [1.82, 2.24) is 29.7 Å². The Morgan fingerprint density at radius 3 is 2.60 bits per heavy atom. The summed E-state index contributed by atoms with van der Waals surface area (Å²) < 4.78 is 40.2. The topological polar surface area (TPSA) is 102 Å². The van der Waals surface area contributed by atoms with Crippen molar-refractivity contribution in [2.45, 2.75) is 71.1 Å². The zero-order valence-corrected chi connectivity index (χ0v) is 25.1. The number of nitrogens with one attached hydrogen (secondary N) is 1. The van der Waals surface area contributed by atoms with Crippen LogP contribution in [-0.2, 0) is 22.4 Å². The summed E-state index contributed by atoms with van der Waals surface area (Å²) in [6.45, 7) is 10.2. The minimum Gasteiger partial charge on any atom is -0.443 e. The summed E-state index contributed by atoms with van der Waals surface area (Å²) in [6, 6.07) is 3.92. The number of alkyl halides is 2. The summed E-state index contributed by atoms with van der Waals surface area (Å²) >= 11 is 0. The highest BCUT2D eigenvalue weighted by Crippen LogP contribution is 2.35. The van der Waals surface area contributed by atoms with Crippen LogP contribution in [0.2, 0.25) is 0 Å². The number of aromatic nitrogens is 3. The lowest BCUT2D eigenvalue weighted by atomic mass is 9.88. The number of fused-ring (bicyclic) bond motifs is 2. The number of rotatable bonds is 2. The molecule has 43 heavy (non-hydrogen) atoms. The molecule has 0 aliphatic carbocycles. The average molecular weight is 597 g/mol. The van der Waals surface area contributed by atoms with Gasteiger partial charge in [-0.15, -0.1) is 0 Å². The number of aryl methyl sites for hydroxylation is 1. The maximum absolute atomic E-state index is 13.7. The molecule has 12 heteroatoms. The summed E-state index contributed by atoms with van der Waals surface area (Å²) in [7, 11) is 0. The van der Waals surface area contributed by atoms with E-state index >= 15 is 0 Å². The molecular formula is C31H38F2N6O4. The fourth-order valence-electron chi connectivity index (χ4n) is 6.04. The summed E-state index contributed by atoms with van der Waals surface area (Å²) in [5.41, 5.74) is 5.96. The van der Waals surface area contributed by atoms with E-state index in [0.29, 0.717) is 56.1 Å². The number of carbonyl (C=O) groups excluding carboxylic acids is 2. The highest BCUT2D eigenvalue weighted by molar-refractivity contribution is 5.88. The Bertz CT molecular complexity index is 1550. The van der Waals surface area contributed by atoms with Crippen molar-refractivity contribution in [1.29, 1.82) is 0 Å². The van der Waals surface area contributed by atoms with Gasteiger partial charge in [0.1, 0.15) is 11.1 Å². The lowest BCUT2D eigenvalue weighted by Gasteiger charge is -2.39. The predicted molar refractivity (Wildman–Crippen MR) is 156 cm³/mol. The molecule has 0 unspecified atom stereocenters. The van der Waals surface area contributed by atoms with Crippen molar-refractivity contribution in [3.8, 4) is 11.3 Å². The van der Waals surface area contributed by atoms with Crippen molar-refractivity contribution in [2.75, 3.05) is 39.4 Å². The molecule has 5 heterocycles. The number of ether oxygens (including phenoxy) is 2. The lowest BCUT2D eigenvalue weighted by molar-refractivity contribution is -0.0493. The molecule has 2 saturated heterocycles. The van der Waals surface area contributed by atoms with Gasteiger partial charge in [0.2, 0.25) is 0 Å². The zero-order valence-electron chi connectivity index (χ0n) is 25.1. The zero-order chi connectivity index (χ0) is 30.5. The van der Waals surface area contributed by atoms with E-state index in [0.717, 1.165) is 27.8 Å². The Morgan fingerprint density at radius 2 is 1.91 bits per heavy atom. The molecule has 10 nitrogen and oxygen atoms in total. The van der Waals surface area contributed by atoms with Gasteiger partial charge in [-0.1, -0.05) is 0 Å². The number of urea groups is 1. The number of hydrogen-bond donors (Lipinski definition) is 1. The van der Waals surface area contributed by atoms with Crippen molar-refractivity contribution in [3.05, 3.63) is 46.8 Å². The molecule has 1 N–H and O–H groups in total. The van der Waals surface area contributed by atoms with Crippen LogP contribution >= 0.6 is 0 Å². The van der Waals surface area contributed by atoms with Gasteiger partial charge in [-0.05, 0) is 68.5 Å². The van der Waals surface area contributed by atoms with E-state index in [1.807, 2.05) is 27.7 Å². The Morgan fingerprint density at radius 1 is 1.14 bits per heavy atom. The maximum Gasteiger partial charge on any atom is 0.420 e. The number of benzene rings is 1. The highest BCUT2D eigenvalue weighted by Gasteiger charge is 2.38. The third-order valence-electron chi connectivity index (χ3n) is 8.27. The molecule has 230 valence electrons. The first-order valence-electron chi connectivity index (χ1n) is 14.9. The van der Waals surface area contributed by atoms with E-state index in [4.69, 9.17) is 14.5 Å². The van der Waals surface area contributed by atoms with Gasteiger partial charge in [-0.3, -0.25) is 0 Å². The Balaban J connectivity index is 1.32. The summed E-state index contributed by atoms with van der Waals surface area (Å²) in [5, 5.41) is 3.54. The standard InChI is InChI=1S/C31H38F2N6O4/c1-19-16-39(29(41)43-30(2,3)4)27-26(19)36-24(15-35-27)21-13-20-5-9-38(28(40)37-10-6-31(32,33)7-11-37)17-23(20)22(14-21)25-18-42-12-8-34-25/h13-16,25,34H,5-12,17-18H2,1-4H3/t25-/m0/s1. The van der Waals surface area contributed by atoms with Crippen LogP contribution in [-0.4, -0.2) is 87.4 Å². The molecule has 0 saturated carbocycles.